The van der Waals surface area contributed by atoms with Crippen LogP contribution in [0.2, 0.25) is 0 Å². The van der Waals surface area contributed by atoms with Crippen LogP contribution in [0.15, 0.2) is 12.7 Å². The van der Waals surface area contributed by atoms with E-state index in [9.17, 15) is 4.79 Å². The maximum atomic E-state index is 12.0. The van der Waals surface area contributed by atoms with Gasteiger partial charge < -0.3 is 10.6 Å². The van der Waals surface area contributed by atoms with Crippen molar-refractivity contribution in [2.45, 2.75) is 51.0 Å². The fourth-order valence-corrected chi connectivity index (χ4v) is 2.37. The van der Waals surface area contributed by atoms with Gasteiger partial charge in [0.15, 0.2) is 0 Å². The molecule has 0 unspecified atom stereocenters. The molecule has 0 radical (unpaired) electrons. The number of hydrogen-bond donors (Lipinski definition) is 1. The van der Waals surface area contributed by atoms with E-state index in [0.29, 0.717) is 25.6 Å². The number of amides is 1. The Labute approximate surface area is 98.7 Å². The highest BCUT2D eigenvalue weighted by atomic mass is 16.2. The second-order valence-electron chi connectivity index (χ2n) is 4.52. The predicted molar refractivity (Wildman–Crippen MR) is 67.1 cm³/mol. The Balaban J connectivity index is 2.41. The summed E-state index contributed by atoms with van der Waals surface area (Å²) in [4.78, 5) is 14.0. The first-order chi connectivity index (χ1) is 7.79. The van der Waals surface area contributed by atoms with Gasteiger partial charge in [-0.1, -0.05) is 18.9 Å². The molecule has 0 spiro atoms. The van der Waals surface area contributed by atoms with Gasteiger partial charge in [-0.3, -0.25) is 4.79 Å². The molecule has 1 fully saturated rings. The van der Waals surface area contributed by atoms with Crippen LogP contribution in [-0.2, 0) is 4.79 Å². The molecule has 2 N–H and O–H groups in total. The number of hydrogen-bond acceptors (Lipinski definition) is 2. The van der Waals surface area contributed by atoms with Crippen molar-refractivity contribution in [1.29, 1.82) is 0 Å². The molecule has 0 bridgehead atoms. The molecule has 3 heteroatoms. The van der Waals surface area contributed by atoms with Gasteiger partial charge in [0.2, 0.25) is 5.91 Å². The lowest BCUT2D eigenvalue weighted by molar-refractivity contribution is -0.132. The van der Waals surface area contributed by atoms with E-state index in [0.717, 1.165) is 25.7 Å². The van der Waals surface area contributed by atoms with E-state index < -0.39 is 0 Å². The smallest absolute Gasteiger partial charge is 0.223 e. The summed E-state index contributed by atoms with van der Waals surface area (Å²) >= 11 is 0. The largest absolute Gasteiger partial charge is 0.336 e. The molecular weight excluding hydrogens is 200 g/mol. The molecule has 1 rings (SSSR count). The van der Waals surface area contributed by atoms with Gasteiger partial charge in [0.1, 0.15) is 0 Å². The summed E-state index contributed by atoms with van der Waals surface area (Å²) in [6, 6.07) is 0.461. The van der Waals surface area contributed by atoms with Gasteiger partial charge in [0.05, 0.1) is 0 Å². The lowest BCUT2D eigenvalue weighted by Gasteiger charge is -2.28. The van der Waals surface area contributed by atoms with Crippen molar-refractivity contribution >= 4 is 5.91 Å². The first-order valence-electron chi connectivity index (χ1n) is 6.40. The average molecular weight is 224 g/mol. The zero-order valence-electron chi connectivity index (χ0n) is 10.2. The Morgan fingerprint density at radius 1 is 1.38 bits per heavy atom. The van der Waals surface area contributed by atoms with Crippen molar-refractivity contribution in [3.05, 3.63) is 12.7 Å². The fraction of sp³-hybridized carbons (Fsp3) is 0.769. The maximum absolute atomic E-state index is 12.0. The number of carbonyl (C=O) groups excluding carboxylic acids is 1. The summed E-state index contributed by atoms with van der Waals surface area (Å²) in [5.74, 6) is 0.278. The number of carbonyl (C=O) groups is 1. The Morgan fingerprint density at radius 2 is 2.06 bits per heavy atom. The van der Waals surface area contributed by atoms with Gasteiger partial charge in [-0.2, -0.15) is 0 Å². The summed E-state index contributed by atoms with van der Waals surface area (Å²) in [7, 11) is 0. The molecular formula is C13H24N2O. The van der Waals surface area contributed by atoms with E-state index in [1.54, 1.807) is 0 Å². The van der Waals surface area contributed by atoms with Crippen molar-refractivity contribution in [2.24, 2.45) is 5.73 Å². The lowest BCUT2D eigenvalue weighted by atomic mass is 10.1. The normalized spacial score (nSPS) is 16.3. The highest BCUT2D eigenvalue weighted by Crippen LogP contribution is 2.24. The quantitative estimate of drug-likeness (QED) is 0.531. The summed E-state index contributed by atoms with van der Waals surface area (Å²) in [6.45, 7) is 5.12. The highest BCUT2D eigenvalue weighted by Gasteiger charge is 2.24. The molecule has 1 amide bonds. The zero-order chi connectivity index (χ0) is 11.8. The molecule has 0 atom stereocenters. The summed E-state index contributed by atoms with van der Waals surface area (Å²) in [5.41, 5.74) is 5.43. The highest BCUT2D eigenvalue weighted by molar-refractivity contribution is 5.76. The SMILES string of the molecule is C=CCN(C(=O)CCCCN)C1CCCC1. The number of unbranched alkanes of at least 4 members (excludes halogenated alkanes) is 1. The first-order valence-corrected chi connectivity index (χ1v) is 6.40. The van der Waals surface area contributed by atoms with Crippen LogP contribution in [0.3, 0.4) is 0 Å². The monoisotopic (exact) mass is 224 g/mol. The molecule has 0 aromatic carbocycles. The van der Waals surface area contributed by atoms with Crippen LogP contribution in [0.5, 0.6) is 0 Å². The van der Waals surface area contributed by atoms with Gasteiger partial charge in [-0.25, -0.2) is 0 Å². The Bertz CT molecular complexity index is 222. The van der Waals surface area contributed by atoms with E-state index in [4.69, 9.17) is 5.73 Å². The van der Waals surface area contributed by atoms with Crippen LogP contribution >= 0.6 is 0 Å². The molecule has 1 aliphatic carbocycles. The van der Waals surface area contributed by atoms with Gasteiger partial charge in [-0.15, -0.1) is 6.58 Å². The van der Waals surface area contributed by atoms with Crippen molar-refractivity contribution in [3.63, 3.8) is 0 Å². The molecule has 0 aromatic rings. The van der Waals surface area contributed by atoms with Crippen LogP contribution in [0.4, 0.5) is 0 Å². The van der Waals surface area contributed by atoms with E-state index in [2.05, 4.69) is 6.58 Å². The summed E-state index contributed by atoms with van der Waals surface area (Å²) in [5, 5.41) is 0. The van der Waals surface area contributed by atoms with Crippen molar-refractivity contribution < 1.29 is 4.79 Å². The minimum absolute atomic E-state index is 0.278. The van der Waals surface area contributed by atoms with Crippen LogP contribution in [-0.4, -0.2) is 29.9 Å². The lowest BCUT2D eigenvalue weighted by Crippen LogP contribution is -2.38. The summed E-state index contributed by atoms with van der Waals surface area (Å²) in [6.07, 6.45) is 9.17. The third kappa shape index (κ3) is 3.97. The molecule has 1 aliphatic rings. The molecule has 16 heavy (non-hydrogen) atoms. The molecule has 1 saturated carbocycles. The van der Waals surface area contributed by atoms with E-state index in [-0.39, 0.29) is 5.91 Å². The van der Waals surface area contributed by atoms with Crippen molar-refractivity contribution in [1.82, 2.24) is 4.90 Å². The van der Waals surface area contributed by atoms with Crippen LogP contribution in [0.1, 0.15) is 44.9 Å². The minimum Gasteiger partial charge on any atom is -0.336 e. The molecule has 0 saturated heterocycles. The standard InChI is InChI=1S/C13H24N2O/c1-2-11-15(12-7-3-4-8-12)13(16)9-5-6-10-14/h2,12H,1,3-11,14H2. The van der Waals surface area contributed by atoms with Crippen LogP contribution in [0, 0.1) is 0 Å². The first kappa shape index (κ1) is 13.2. The molecule has 0 aliphatic heterocycles. The zero-order valence-corrected chi connectivity index (χ0v) is 10.2. The Morgan fingerprint density at radius 3 is 2.62 bits per heavy atom. The summed E-state index contributed by atoms with van der Waals surface area (Å²) < 4.78 is 0. The molecule has 92 valence electrons. The van der Waals surface area contributed by atoms with Gasteiger partial charge in [-0.05, 0) is 32.2 Å². The van der Waals surface area contributed by atoms with E-state index in [1.807, 2.05) is 11.0 Å². The van der Waals surface area contributed by atoms with E-state index in [1.165, 1.54) is 12.8 Å². The van der Waals surface area contributed by atoms with Crippen LogP contribution < -0.4 is 5.73 Å². The third-order valence-corrected chi connectivity index (χ3v) is 3.26. The van der Waals surface area contributed by atoms with Crippen molar-refractivity contribution in [3.8, 4) is 0 Å². The number of nitrogens with two attached hydrogens (primary N) is 1. The van der Waals surface area contributed by atoms with Crippen molar-refractivity contribution in [2.75, 3.05) is 13.1 Å². The third-order valence-electron chi connectivity index (χ3n) is 3.26. The topological polar surface area (TPSA) is 46.3 Å². The fourth-order valence-electron chi connectivity index (χ4n) is 2.37. The van der Waals surface area contributed by atoms with Gasteiger partial charge >= 0.3 is 0 Å². The molecule has 3 nitrogen and oxygen atoms in total. The predicted octanol–water partition coefficient (Wildman–Crippen LogP) is 2.07. The Hall–Kier alpha value is -0.830. The number of nitrogens with zero attached hydrogens (tertiary/aromatic N) is 1. The second kappa shape index (κ2) is 7.44. The second-order valence-corrected chi connectivity index (χ2v) is 4.52. The molecule has 0 aromatic heterocycles. The van der Waals surface area contributed by atoms with Crippen LogP contribution in [0.25, 0.3) is 0 Å². The van der Waals surface area contributed by atoms with Gasteiger partial charge in [0, 0.05) is 19.0 Å². The van der Waals surface area contributed by atoms with E-state index >= 15 is 0 Å². The average Bonchev–Trinajstić information content (AvgIpc) is 2.79. The Kier molecular flexibility index (Phi) is 6.16. The molecule has 0 heterocycles. The van der Waals surface area contributed by atoms with Gasteiger partial charge in [0.25, 0.3) is 0 Å². The number of rotatable bonds is 7. The minimum atomic E-state index is 0.278. The maximum Gasteiger partial charge on any atom is 0.223 e.